The lowest BCUT2D eigenvalue weighted by Crippen LogP contribution is -2.23. The van der Waals surface area contributed by atoms with Crippen molar-refractivity contribution in [3.8, 4) is 0 Å². The Bertz CT molecular complexity index is 335. The SMILES string of the molecule is CCOC(=O)/C=C/C=C/CCCOC(=O)C(C)(C)C. The zero-order chi connectivity index (χ0) is 14.7. The number of hydrogen-bond donors (Lipinski definition) is 0. The van der Waals surface area contributed by atoms with Gasteiger partial charge in [-0.05, 0) is 40.5 Å². The fraction of sp³-hybridized carbons (Fsp3) is 0.600. The first kappa shape index (κ1) is 17.4. The lowest BCUT2D eigenvalue weighted by Gasteiger charge is -2.16. The highest BCUT2D eigenvalue weighted by Gasteiger charge is 2.22. The van der Waals surface area contributed by atoms with Gasteiger partial charge in [0, 0.05) is 6.08 Å². The van der Waals surface area contributed by atoms with Crippen LogP contribution in [0.15, 0.2) is 24.3 Å². The van der Waals surface area contributed by atoms with E-state index in [1.54, 1.807) is 19.1 Å². The smallest absolute Gasteiger partial charge is 0.330 e. The monoisotopic (exact) mass is 268 g/mol. The highest BCUT2D eigenvalue weighted by atomic mass is 16.5. The van der Waals surface area contributed by atoms with Crippen molar-refractivity contribution in [2.24, 2.45) is 5.41 Å². The number of allylic oxidation sites excluding steroid dienone is 3. The van der Waals surface area contributed by atoms with Gasteiger partial charge in [-0.3, -0.25) is 4.79 Å². The van der Waals surface area contributed by atoms with Crippen LogP contribution >= 0.6 is 0 Å². The van der Waals surface area contributed by atoms with Crippen molar-refractivity contribution in [3.05, 3.63) is 24.3 Å². The van der Waals surface area contributed by atoms with Crippen LogP contribution in [0.3, 0.4) is 0 Å². The zero-order valence-corrected chi connectivity index (χ0v) is 12.3. The molecule has 4 nitrogen and oxygen atoms in total. The quantitative estimate of drug-likeness (QED) is 0.308. The molecule has 0 unspecified atom stereocenters. The summed E-state index contributed by atoms with van der Waals surface area (Å²) in [5, 5.41) is 0. The maximum atomic E-state index is 11.4. The molecule has 0 heterocycles. The van der Waals surface area contributed by atoms with Crippen LogP contribution in [0.25, 0.3) is 0 Å². The summed E-state index contributed by atoms with van der Waals surface area (Å²) in [6, 6.07) is 0. The van der Waals surface area contributed by atoms with Crippen LogP contribution in [0.4, 0.5) is 0 Å². The van der Waals surface area contributed by atoms with E-state index in [9.17, 15) is 9.59 Å². The molecule has 0 aromatic rings. The minimum absolute atomic E-state index is 0.182. The third kappa shape index (κ3) is 10.1. The molecule has 0 radical (unpaired) electrons. The Balaban J connectivity index is 3.65. The molecule has 0 saturated heterocycles. The average Bonchev–Trinajstić information content (AvgIpc) is 2.31. The number of carbonyl (C=O) groups excluding carboxylic acids is 2. The number of esters is 2. The standard InChI is InChI=1S/C15H24O4/c1-5-18-13(16)11-9-7-6-8-10-12-19-14(17)15(2,3)4/h6-7,9,11H,5,8,10,12H2,1-4H3/b7-6+,11-9+. The van der Waals surface area contributed by atoms with Crippen molar-refractivity contribution < 1.29 is 19.1 Å². The van der Waals surface area contributed by atoms with Crippen molar-refractivity contribution in [2.45, 2.75) is 40.5 Å². The Morgan fingerprint density at radius 1 is 1.11 bits per heavy atom. The van der Waals surface area contributed by atoms with Gasteiger partial charge < -0.3 is 9.47 Å². The molecule has 0 fully saturated rings. The van der Waals surface area contributed by atoms with Crippen molar-refractivity contribution in [1.29, 1.82) is 0 Å². The Kier molecular flexibility index (Phi) is 8.58. The minimum atomic E-state index is -0.446. The van der Waals surface area contributed by atoms with Gasteiger partial charge in [0.2, 0.25) is 0 Å². The third-order valence-corrected chi connectivity index (χ3v) is 2.13. The van der Waals surface area contributed by atoms with E-state index in [-0.39, 0.29) is 11.9 Å². The van der Waals surface area contributed by atoms with E-state index in [1.165, 1.54) is 6.08 Å². The van der Waals surface area contributed by atoms with Gasteiger partial charge in [0.25, 0.3) is 0 Å². The Labute approximate surface area is 115 Å². The van der Waals surface area contributed by atoms with Gasteiger partial charge >= 0.3 is 11.9 Å². The molecule has 0 amide bonds. The van der Waals surface area contributed by atoms with Gasteiger partial charge in [0.15, 0.2) is 0 Å². The third-order valence-electron chi connectivity index (χ3n) is 2.13. The molecular weight excluding hydrogens is 244 g/mol. The van der Waals surface area contributed by atoms with E-state index >= 15 is 0 Å². The molecule has 0 rings (SSSR count). The second-order valence-electron chi connectivity index (χ2n) is 5.07. The van der Waals surface area contributed by atoms with Crippen LogP contribution in [-0.4, -0.2) is 25.2 Å². The fourth-order valence-corrected chi connectivity index (χ4v) is 1.08. The van der Waals surface area contributed by atoms with E-state index in [4.69, 9.17) is 9.47 Å². The van der Waals surface area contributed by atoms with Gasteiger partial charge in [-0.1, -0.05) is 18.2 Å². The lowest BCUT2D eigenvalue weighted by atomic mass is 9.97. The van der Waals surface area contributed by atoms with Crippen LogP contribution < -0.4 is 0 Å². The molecule has 19 heavy (non-hydrogen) atoms. The number of unbranched alkanes of at least 4 members (excludes halogenated alkanes) is 1. The summed E-state index contributed by atoms with van der Waals surface area (Å²) in [6.07, 6.45) is 8.28. The molecule has 0 aromatic carbocycles. The number of ether oxygens (including phenoxy) is 2. The van der Waals surface area contributed by atoms with Gasteiger partial charge in [0.05, 0.1) is 18.6 Å². The molecule has 108 valence electrons. The second-order valence-corrected chi connectivity index (χ2v) is 5.07. The summed E-state index contributed by atoms with van der Waals surface area (Å²) >= 11 is 0. The van der Waals surface area contributed by atoms with Gasteiger partial charge in [-0.25, -0.2) is 4.79 Å². The van der Waals surface area contributed by atoms with E-state index in [2.05, 4.69) is 0 Å². The maximum Gasteiger partial charge on any atom is 0.330 e. The minimum Gasteiger partial charge on any atom is -0.465 e. The second kappa shape index (κ2) is 9.36. The molecule has 0 atom stereocenters. The molecule has 0 aromatic heterocycles. The first-order valence-corrected chi connectivity index (χ1v) is 6.55. The van der Waals surface area contributed by atoms with Crippen molar-refractivity contribution in [1.82, 2.24) is 0 Å². The fourth-order valence-electron chi connectivity index (χ4n) is 1.08. The molecule has 0 spiro atoms. The Morgan fingerprint density at radius 2 is 1.79 bits per heavy atom. The van der Waals surface area contributed by atoms with Crippen LogP contribution in [0.1, 0.15) is 40.5 Å². The highest BCUT2D eigenvalue weighted by molar-refractivity contribution is 5.82. The molecule has 0 saturated carbocycles. The van der Waals surface area contributed by atoms with E-state index in [1.807, 2.05) is 26.8 Å². The maximum absolute atomic E-state index is 11.4. The summed E-state index contributed by atoms with van der Waals surface area (Å²) in [5.74, 6) is -0.523. The van der Waals surface area contributed by atoms with E-state index in [0.29, 0.717) is 13.2 Å². The molecule has 0 aliphatic heterocycles. The average molecular weight is 268 g/mol. The van der Waals surface area contributed by atoms with E-state index in [0.717, 1.165) is 12.8 Å². The molecular formula is C15H24O4. The Morgan fingerprint density at radius 3 is 2.37 bits per heavy atom. The summed E-state index contributed by atoms with van der Waals surface area (Å²) in [6.45, 7) is 8.05. The largest absolute Gasteiger partial charge is 0.465 e. The van der Waals surface area contributed by atoms with Gasteiger partial charge in [-0.15, -0.1) is 0 Å². The van der Waals surface area contributed by atoms with Crippen LogP contribution in [0, 0.1) is 5.41 Å². The first-order valence-electron chi connectivity index (χ1n) is 6.55. The van der Waals surface area contributed by atoms with Crippen LogP contribution in [0.5, 0.6) is 0 Å². The van der Waals surface area contributed by atoms with Crippen molar-refractivity contribution in [3.63, 3.8) is 0 Å². The molecule has 0 aliphatic rings. The molecule has 0 N–H and O–H groups in total. The van der Waals surface area contributed by atoms with Crippen molar-refractivity contribution in [2.75, 3.05) is 13.2 Å². The van der Waals surface area contributed by atoms with Crippen LogP contribution in [-0.2, 0) is 19.1 Å². The Hall–Kier alpha value is -1.58. The normalized spacial score (nSPS) is 12.0. The predicted molar refractivity (Wildman–Crippen MR) is 74.6 cm³/mol. The topological polar surface area (TPSA) is 52.6 Å². The molecule has 0 aliphatic carbocycles. The molecule has 4 heteroatoms. The van der Waals surface area contributed by atoms with Crippen molar-refractivity contribution >= 4 is 11.9 Å². The zero-order valence-electron chi connectivity index (χ0n) is 12.3. The summed E-state index contributed by atoms with van der Waals surface area (Å²) in [5.41, 5.74) is -0.446. The summed E-state index contributed by atoms with van der Waals surface area (Å²) in [4.78, 5) is 22.4. The predicted octanol–water partition coefficient (Wildman–Crippen LogP) is 3.03. The van der Waals surface area contributed by atoms with Gasteiger partial charge in [0.1, 0.15) is 0 Å². The first-order chi connectivity index (χ1) is 8.88. The summed E-state index contributed by atoms with van der Waals surface area (Å²) < 4.78 is 9.85. The number of hydrogen-bond acceptors (Lipinski definition) is 4. The molecule has 0 bridgehead atoms. The highest BCUT2D eigenvalue weighted by Crippen LogP contribution is 2.15. The number of rotatable bonds is 7. The lowest BCUT2D eigenvalue weighted by molar-refractivity contribution is -0.153. The summed E-state index contributed by atoms with van der Waals surface area (Å²) in [7, 11) is 0. The van der Waals surface area contributed by atoms with Crippen LogP contribution in [0.2, 0.25) is 0 Å². The number of carbonyl (C=O) groups is 2. The van der Waals surface area contributed by atoms with E-state index < -0.39 is 5.41 Å². The van der Waals surface area contributed by atoms with Gasteiger partial charge in [-0.2, -0.15) is 0 Å².